The van der Waals surface area contributed by atoms with Gasteiger partial charge in [-0.2, -0.15) is 11.5 Å². The van der Waals surface area contributed by atoms with Crippen molar-refractivity contribution in [3.05, 3.63) is 14.9 Å². The number of hydrogen-bond acceptors (Lipinski definition) is 7. The first kappa shape index (κ1) is 43.2. The second-order valence-corrected chi connectivity index (χ2v) is 4.39. The van der Waals surface area contributed by atoms with E-state index in [9.17, 15) is 0 Å². The SMILES string of the molecule is CCOC(C)=NOCCCC[S-].Cl.NOCCCC[S-].[CH3-].[CH3-].[Db].[Db]. The topological polar surface area (TPSA) is 66.1 Å². The first-order valence-electron chi connectivity index (χ1n) is 6.50. The molecule has 0 rings (SSSR count). The number of halogens is 1. The predicted octanol–water partition coefficient (Wildman–Crippen LogP) is 3.23. The maximum absolute atomic E-state index is 5.05. The van der Waals surface area contributed by atoms with Gasteiger partial charge < -0.3 is 54.5 Å². The molecule has 10 heteroatoms. The smallest absolute Gasteiger partial charge is 0.222 e. The van der Waals surface area contributed by atoms with E-state index in [1.54, 1.807) is 6.92 Å². The zero-order valence-electron chi connectivity index (χ0n) is 15.8. The minimum Gasteiger partial charge on any atom is -0.793 e. The molecule has 24 heavy (non-hydrogen) atoms. The number of nitrogens with two attached hydrogens (primary N) is 1. The van der Waals surface area contributed by atoms with Gasteiger partial charge in [-0.15, -0.1) is 12.4 Å². The summed E-state index contributed by atoms with van der Waals surface area (Å²) in [5.74, 6) is 6.91. The Morgan fingerprint density at radius 3 is 1.79 bits per heavy atom. The van der Waals surface area contributed by atoms with Gasteiger partial charge in [0.1, 0.15) is 6.61 Å². The average molecular weight is 913 g/mol. The number of nitrogens with zero attached hydrogens (tertiary/aromatic N) is 1. The summed E-state index contributed by atoms with van der Waals surface area (Å²) in [6, 6.07) is 0. The minimum atomic E-state index is 0. The van der Waals surface area contributed by atoms with E-state index in [-0.39, 0.29) is 27.3 Å². The summed E-state index contributed by atoms with van der Waals surface area (Å²) >= 11 is 9.45. The quantitative estimate of drug-likeness (QED) is 0.0909. The van der Waals surface area contributed by atoms with Crippen molar-refractivity contribution in [2.75, 3.05) is 31.3 Å². The fourth-order valence-corrected chi connectivity index (χ4v) is 1.34. The minimum absolute atomic E-state index is 0. The zero-order valence-corrected chi connectivity index (χ0v) is 31.1. The largest absolute Gasteiger partial charge is 0.793 e. The molecule has 0 unspecified atom stereocenters. The normalized spacial score (nSPS) is 8.46. The molecule has 0 radical (unpaired) electrons. The van der Waals surface area contributed by atoms with Crippen LogP contribution in [0.2, 0.25) is 0 Å². The number of unbranched alkanes of at least 4 members (excludes halogenated alkanes) is 2. The van der Waals surface area contributed by atoms with Crippen LogP contribution in [0.25, 0.3) is 0 Å². The summed E-state index contributed by atoms with van der Waals surface area (Å²) in [6.07, 6.45) is 4.00. The molecule has 0 aromatic carbocycles. The van der Waals surface area contributed by atoms with Gasteiger partial charge in [0.15, 0.2) is 0 Å². The first-order chi connectivity index (χ1) is 9.22. The molecule has 0 saturated heterocycles. The molecule has 0 aliphatic heterocycles. The molecule has 0 heterocycles. The Balaban J connectivity index is -0.0000000432. The van der Waals surface area contributed by atoms with Gasteiger partial charge in [-0.05, 0) is 19.8 Å². The van der Waals surface area contributed by atoms with E-state index in [0.717, 1.165) is 37.2 Å². The molecule has 0 aromatic rings. The van der Waals surface area contributed by atoms with E-state index in [4.69, 9.17) is 28.1 Å². The molecule has 0 aliphatic rings. The van der Waals surface area contributed by atoms with Crippen molar-refractivity contribution in [1.29, 1.82) is 0 Å². The van der Waals surface area contributed by atoms with E-state index in [1.807, 2.05) is 6.92 Å². The molecule has 0 aliphatic carbocycles. The summed E-state index contributed by atoms with van der Waals surface area (Å²) in [4.78, 5) is 9.26. The molecular weight excluding hydrogens is 880 g/mol. The third-order valence-corrected chi connectivity index (χ3v) is 2.41. The Labute approximate surface area is 154 Å². The van der Waals surface area contributed by atoms with Crippen LogP contribution in [0.15, 0.2) is 5.16 Å². The monoisotopic (exact) mass is 912 g/mol. The van der Waals surface area contributed by atoms with Crippen molar-refractivity contribution in [2.45, 2.75) is 39.5 Å². The van der Waals surface area contributed by atoms with Gasteiger partial charge in [-0.1, -0.05) is 18.0 Å². The summed E-state index contributed by atoms with van der Waals surface area (Å²) < 4.78 is 5.05. The van der Waals surface area contributed by atoms with Crippen LogP contribution in [-0.2, 0) is 39.7 Å². The third-order valence-electron chi connectivity index (χ3n) is 1.83. The van der Waals surface area contributed by atoms with Gasteiger partial charge >= 0.3 is 0 Å². The predicted molar refractivity (Wildman–Crippen MR) is 104 cm³/mol. The number of hydrogen-bond donors (Lipinski definition) is 1. The molecule has 5 nitrogen and oxygen atoms in total. The van der Waals surface area contributed by atoms with Crippen LogP contribution >= 0.6 is 12.4 Å². The van der Waals surface area contributed by atoms with Gasteiger partial charge in [-0.25, -0.2) is 5.90 Å². The molecule has 0 saturated carbocycles. The number of oxime groups is 1. The molecule has 2 N–H and O–H groups in total. The van der Waals surface area contributed by atoms with Crippen molar-refractivity contribution in [3.8, 4) is 0 Å². The van der Waals surface area contributed by atoms with Crippen LogP contribution in [0, 0.1) is 14.9 Å². The second-order valence-electron chi connectivity index (χ2n) is 3.57. The summed E-state index contributed by atoms with van der Waals surface area (Å²) in [6.45, 7) is 5.58. The van der Waals surface area contributed by atoms with Crippen LogP contribution in [0.1, 0.15) is 39.5 Å². The van der Waals surface area contributed by atoms with Crippen LogP contribution in [-0.4, -0.2) is 37.2 Å². The van der Waals surface area contributed by atoms with E-state index >= 15 is 0 Å². The fourth-order valence-electron chi connectivity index (χ4n) is 0.928. The van der Waals surface area contributed by atoms with Crippen LogP contribution < -0.4 is 5.90 Å². The van der Waals surface area contributed by atoms with Crippen LogP contribution in [0.5, 0.6) is 0 Å². The van der Waals surface area contributed by atoms with Gasteiger partial charge in [0, 0.05) is 6.92 Å². The Hall–Kier alpha value is -1.82. The molecule has 0 amide bonds. The maximum atomic E-state index is 5.05. The Morgan fingerprint density at radius 1 is 0.958 bits per heavy atom. The van der Waals surface area contributed by atoms with Crippen molar-refractivity contribution >= 4 is 43.6 Å². The molecule has 0 aromatic heterocycles. The van der Waals surface area contributed by atoms with E-state index in [0.29, 0.717) is 25.7 Å². The first-order valence-corrected chi connectivity index (χ1v) is 7.65. The van der Waals surface area contributed by atoms with Gasteiger partial charge in [0.25, 0.3) is 0 Å². The van der Waals surface area contributed by atoms with Crippen molar-refractivity contribution in [2.24, 2.45) is 11.1 Å². The Kier molecular flexibility index (Phi) is 77.2. The van der Waals surface area contributed by atoms with E-state index in [2.05, 4.69) is 22.6 Å². The molecule has 0 spiro atoms. The summed E-state index contributed by atoms with van der Waals surface area (Å²) in [7, 11) is 0. The van der Waals surface area contributed by atoms with Crippen LogP contribution in [0.3, 0.4) is 0 Å². The maximum Gasteiger partial charge on any atom is 0.222 e. The van der Waals surface area contributed by atoms with Gasteiger partial charge in [0.2, 0.25) is 5.90 Å². The van der Waals surface area contributed by atoms with Crippen LogP contribution in [0.4, 0.5) is 0 Å². The molecule has 0 bridgehead atoms. The third kappa shape index (κ3) is 50.0. The van der Waals surface area contributed by atoms with Gasteiger partial charge in [-0.3, -0.25) is 0 Å². The van der Waals surface area contributed by atoms with Crippen molar-refractivity contribution in [3.63, 3.8) is 0 Å². The number of ether oxygens (including phenoxy) is 1. The van der Waals surface area contributed by atoms with Gasteiger partial charge in [0.05, 0.1) is 13.2 Å². The second kappa shape index (κ2) is 42.9. The average Bonchev–Trinajstić information content (AvgIpc) is 2.40. The summed E-state index contributed by atoms with van der Waals surface area (Å²) in [5, 5.41) is 3.75. The standard InChI is InChI=1S/C8H17NO2S.C4H11NOS.2CH3.ClH.2Db/c1-3-10-8(2)9-11-6-4-5-7-12;5-6-3-1-2-4-7;;;;;/h12H,3-7H2,1-2H3;7H,1-5H2;2*1H3;1H;;/q;;2*-1;;;/p-2. The Morgan fingerprint density at radius 2 is 1.42 bits per heavy atom. The van der Waals surface area contributed by atoms with E-state index in [1.165, 1.54) is 0 Å². The van der Waals surface area contributed by atoms with Crippen molar-refractivity contribution < 1.29 is 14.4 Å². The molecule has 144 valence electrons. The Bertz CT molecular complexity index is 209. The van der Waals surface area contributed by atoms with Crippen molar-refractivity contribution in [1.82, 2.24) is 0 Å². The van der Waals surface area contributed by atoms with E-state index < -0.39 is 0 Å². The number of rotatable bonds is 10. The molecule has 0 fully saturated rings. The fraction of sp³-hybridized carbons (Fsp3) is 0.786. The molecule has 0 atom stereocenters. The zero-order chi connectivity index (χ0) is 14.8. The summed E-state index contributed by atoms with van der Waals surface area (Å²) in [5.41, 5.74) is 0. The molecular formula is C14H33ClDb2N2O3S2-4.